The van der Waals surface area contributed by atoms with Crippen LogP contribution in [-0.4, -0.2) is 48.8 Å². The Hall–Kier alpha value is -0.926. The van der Waals surface area contributed by atoms with E-state index < -0.39 is 45.4 Å². The molecule has 9 heteroatoms. The van der Waals surface area contributed by atoms with Crippen molar-refractivity contribution in [3.8, 4) is 0 Å². The number of hydrogen-bond donors (Lipinski definition) is 0. The van der Waals surface area contributed by atoms with Gasteiger partial charge in [0.1, 0.15) is 16.5 Å². The Balaban J connectivity index is 0.00000133. The first kappa shape index (κ1) is 50.1. The summed E-state index contributed by atoms with van der Waals surface area (Å²) in [4.78, 5) is 0. The predicted molar refractivity (Wildman–Crippen MR) is 270 cm³/mol. The van der Waals surface area contributed by atoms with Crippen molar-refractivity contribution >= 4 is 52.9 Å². The molecule has 0 spiro atoms. The van der Waals surface area contributed by atoms with Crippen molar-refractivity contribution < 1.29 is 25.6 Å². The van der Waals surface area contributed by atoms with E-state index in [1.165, 1.54) is 42.9 Å². The second kappa shape index (κ2) is 19.3. The number of ether oxygens (including phenoxy) is 1. The molecule has 2 heterocycles. The van der Waals surface area contributed by atoms with Crippen LogP contribution in [0.1, 0.15) is 80.5 Å². The fourth-order valence-corrected chi connectivity index (χ4v) is 24.6. The third-order valence-corrected chi connectivity index (χ3v) is 24.8. The van der Waals surface area contributed by atoms with Crippen LogP contribution in [0.4, 0.5) is 11.4 Å². The van der Waals surface area contributed by atoms with Crippen molar-refractivity contribution in [1.29, 1.82) is 0 Å². The molecule has 2 saturated carbocycles. The van der Waals surface area contributed by atoms with Crippen LogP contribution < -0.4 is 9.13 Å². The van der Waals surface area contributed by atoms with Crippen molar-refractivity contribution in [3.63, 3.8) is 0 Å². The molecule has 0 N–H and O–H groups in total. The van der Waals surface area contributed by atoms with Crippen molar-refractivity contribution in [2.75, 3.05) is 15.7 Å². The Morgan fingerprint density at radius 1 is 0.600 bits per heavy atom. The number of benzene rings is 2. The molecule has 60 heavy (non-hydrogen) atoms. The molecule has 2 aromatic rings. The van der Waals surface area contributed by atoms with Gasteiger partial charge in [0.25, 0.3) is 0 Å². The monoisotopic (exact) mass is 978 g/mol. The summed E-state index contributed by atoms with van der Waals surface area (Å²) in [5.74, 6) is 3.55. The molecule has 0 amide bonds. The number of aryl methyl sites for hydroxylation is 2. The van der Waals surface area contributed by atoms with Gasteiger partial charge in [0.05, 0.1) is 13.7 Å². The molecular formula is C51H78Cl2N2OSi3Zr. The molecule has 8 rings (SSSR count). The number of hydrogen-bond acceptors (Lipinski definition) is 3. The predicted octanol–water partition coefficient (Wildman–Crippen LogP) is 15.4. The zero-order valence-corrected chi connectivity index (χ0v) is 46.6. The van der Waals surface area contributed by atoms with Crippen molar-refractivity contribution in [2.24, 2.45) is 23.7 Å². The molecular weight excluding hydrogens is 903 g/mol. The Morgan fingerprint density at radius 3 is 1.37 bits per heavy atom. The van der Waals surface area contributed by atoms with Gasteiger partial charge in [0, 0.05) is 53.7 Å². The summed E-state index contributed by atoms with van der Waals surface area (Å²) in [7, 11) is 4.31. The van der Waals surface area contributed by atoms with E-state index in [1.54, 1.807) is 22.5 Å². The normalized spacial score (nSPS) is 30.1. The van der Waals surface area contributed by atoms with Crippen LogP contribution in [0.15, 0.2) is 85.0 Å². The number of fused-ring (bicyclic) bond motifs is 10. The minimum atomic E-state index is -2.14. The molecule has 4 aliphatic carbocycles. The van der Waals surface area contributed by atoms with Gasteiger partial charge in [-0.15, -0.1) is 0 Å². The van der Waals surface area contributed by atoms with Crippen LogP contribution >= 0.6 is 17.0 Å². The second-order valence-corrected chi connectivity index (χ2v) is 40.1. The summed E-state index contributed by atoms with van der Waals surface area (Å²) in [5, 5.41) is 0. The van der Waals surface area contributed by atoms with Gasteiger partial charge < -0.3 is 28.7 Å². The van der Waals surface area contributed by atoms with Crippen molar-refractivity contribution in [1.82, 2.24) is 0 Å². The number of nitrogens with zero attached hydrogens (tertiary/aromatic N) is 2. The van der Waals surface area contributed by atoms with E-state index >= 15 is 0 Å². The Labute approximate surface area is 389 Å². The zero-order valence-electron chi connectivity index (χ0n) is 39.7. The zero-order chi connectivity index (χ0) is 41.9. The molecule has 328 valence electrons. The number of anilines is 2. The molecule has 2 aromatic carbocycles. The molecule has 2 fully saturated rings. The van der Waals surface area contributed by atoms with E-state index in [2.05, 4.69) is 175 Å². The topological polar surface area (TPSA) is 15.7 Å². The summed E-state index contributed by atoms with van der Waals surface area (Å²) < 4.78 is 12.3. The average molecular weight is 982 g/mol. The first-order chi connectivity index (χ1) is 27.3. The summed E-state index contributed by atoms with van der Waals surface area (Å²) in [6.45, 7) is 30.8. The minimum absolute atomic E-state index is 0. The summed E-state index contributed by atoms with van der Waals surface area (Å²) >= 11 is -0.826. The Kier molecular flexibility index (Phi) is 16.1. The van der Waals surface area contributed by atoms with Gasteiger partial charge in [-0.2, -0.15) is 0 Å². The third-order valence-electron chi connectivity index (χ3n) is 14.9. The Morgan fingerprint density at radius 2 is 0.983 bits per heavy atom. The third kappa shape index (κ3) is 9.28. The van der Waals surface area contributed by atoms with E-state index in [-0.39, 0.29) is 20.5 Å². The van der Waals surface area contributed by atoms with Crippen molar-refractivity contribution in [2.45, 2.75) is 153 Å². The van der Waals surface area contributed by atoms with E-state index in [0.29, 0.717) is 58.7 Å². The molecule has 0 saturated heterocycles. The van der Waals surface area contributed by atoms with Crippen LogP contribution in [-0.2, 0) is 25.6 Å². The molecule has 0 bridgehead atoms. The van der Waals surface area contributed by atoms with E-state index in [0.717, 1.165) is 6.61 Å². The summed E-state index contributed by atoms with van der Waals surface area (Å²) in [6.07, 6.45) is 25.6. The molecule has 2 aliphatic heterocycles. The van der Waals surface area contributed by atoms with Gasteiger partial charge in [0.15, 0.2) is 0 Å². The van der Waals surface area contributed by atoms with Crippen LogP contribution in [0.2, 0.25) is 63.0 Å². The van der Waals surface area contributed by atoms with E-state index in [9.17, 15) is 0 Å². The molecule has 0 radical (unpaired) electrons. The van der Waals surface area contributed by atoms with Crippen LogP contribution in [0.5, 0.6) is 0 Å². The first-order valence-corrected chi connectivity index (χ1v) is 38.5. The van der Waals surface area contributed by atoms with Gasteiger partial charge in [-0.3, -0.25) is 0 Å². The number of allylic oxidation sites excluding steroid dienone is 6. The van der Waals surface area contributed by atoms with Gasteiger partial charge in [-0.1, -0.05) is 155 Å². The standard InChI is InChI=1S/C49H72N2OSi3.2CH3.2ClH.Zr/c1-33-25-27-41-39(31-33)43-45(50(41)53(6,7)8)35-21-15-17-23-37(35)47(43)55(12,30-20-14-13-19-29-52-49(3,4)5)48-38-24-18-16-22-36(38)46-44(48)40-32-34(2)26-28-42(40)51(46)54(9,10)11;;;;;/h15-18,21-28,31-32,35-38,43-48H,13-14,19-20,29-30H2,1-12H3;2*1H3;2*1H;/q;2*-1;;;+4/p-2. The molecule has 10 unspecified atom stereocenters. The average Bonchev–Trinajstić information content (AvgIpc) is 3.85. The Bertz CT molecular complexity index is 1810. The SMILES string of the molecule is Cc1ccc2c(c1)C1C(C3C=CC=CC3C1[Si](C)(CCCCCCOC(C)(C)C)C1C3C=CC=CC3C3C1c1cc(C)ccc1N3[Si](C)(C)C)N2[Si](C)(C)C.[CH3-].[CH3-].[Cl][Zr+2][Cl]. The second-order valence-electron chi connectivity index (χ2n) is 21.8. The van der Waals surface area contributed by atoms with Gasteiger partial charge in [-0.05, 0) is 87.2 Å². The quantitative estimate of drug-likeness (QED) is 0.127. The molecule has 10 atom stereocenters. The maximum absolute atomic E-state index is 6.19. The van der Waals surface area contributed by atoms with Crippen LogP contribution in [0, 0.1) is 52.4 Å². The van der Waals surface area contributed by atoms with Crippen LogP contribution in [0.25, 0.3) is 0 Å². The van der Waals surface area contributed by atoms with Gasteiger partial charge >= 0.3 is 37.9 Å². The van der Waals surface area contributed by atoms with Gasteiger partial charge in [-0.25, -0.2) is 0 Å². The fourth-order valence-electron chi connectivity index (χ4n) is 13.3. The first-order valence-electron chi connectivity index (χ1n) is 22.4. The van der Waals surface area contributed by atoms with E-state index in [1.807, 2.05) is 0 Å². The maximum atomic E-state index is 6.19. The summed E-state index contributed by atoms with van der Waals surface area (Å²) in [5.41, 5.74) is 10.8. The fraction of sp³-hybridized carbons (Fsp3) is 0.569. The number of halogens is 2. The molecule has 6 aliphatic rings. The summed E-state index contributed by atoms with van der Waals surface area (Å²) in [6, 6.07) is 17.7. The van der Waals surface area contributed by atoms with Crippen LogP contribution in [0.3, 0.4) is 0 Å². The van der Waals surface area contributed by atoms with Gasteiger partial charge in [0.2, 0.25) is 0 Å². The number of rotatable bonds is 11. The van der Waals surface area contributed by atoms with E-state index in [4.69, 9.17) is 21.8 Å². The van der Waals surface area contributed by atoms with Crippen molar-refractivity contribution in [3.05, 3.63) is 122 Å². The molecule has 3 nitrogen and oxygen atoms in total. The number of unbranched alkanes of at least 4 members (excludes halogenated alkanes) is 3. The molecule has 0 aromatic heterocycles.